The van der Waals surface area contributed by atoms with Crippen LogP contribution in [-0.2, 0) is 11.3 Å². The SMILES string of the molecule is Cc1ncc([N+](=O)[O-])n1CCOC(=O)c1ccc(Oc2ccncc2)c(Cl)c1. The van der Waals surface area contributed by atoms with Gasteiger partial charge in [0, 0.05) is 19.3 Å². The van der Waals surface area contributed by atoms with Crippen LogP contribution in [0.25, 0.3) is 0 Å². The summed E-state index contributed by atoms with van der Waals surface area (Å²) in [6.07, 6.45) is 4.33. The first-order chi connectivity index (χ1) is 13.5. The molecule has 0 aliphatic rings. The zero-order chi connectivity index (χ0) is 20.1. The standard InChI is InChI=1S/C18H15ClN4O5/c1-12-21-11-17(23(25)26)22(12)8-9-27-18(24)13-2-3-16(15(19)10-13)28-14-4-6-20-7-5-14/h2-7,10-11H,8-9H2,1H3. The summed E-state index contributed by atoms with van der Waals surface area (Å²) < 4.78 is 12.2. The van der Waals surface area contributed by atoms with E-state index >= 15 is 0 Å². The fraction of sp³-hybridized carbons (Fsp3) is 0.167. The predicted molar refractivity (Wildman–Crippen MR) is 99.7 cm³/mol. The second-order valence-electron chi connectivity index (χ2n) is 5.64. The number of carbonyl (C=O) groups excluding carboxylic acids is 1. The molecule has 9 nitrogen and oxygen atoms in total. The van der Waals surface area contributed by atoms with Gasteiger partial charge in [-0.1, -0.05) is 11.6 Å². The minimum atomic E-state index is -0.599. The smallest absolute Gasteiger partial charge is 0.342 e. The molecule has 0 saturated heterocycles. The molecule has 10 heteroatoms. The number of nitrogens with zero attached hydrogens (tertiary/aromatic N) is 4. The van der Waals surface area contributed by atoms with Crippen LogP contribution >= 0.6 is 11.6 Å². The van der Waals surface area contributed by atoms with Gasteiger partial charge < -0.3 is 19.6 Å². The number of carbonyl (C=O) groups is 1. The van der Waals surface area contributed by atoms with Crippen LogP contribution in [0.5, 0.6) is 11.5 Å². The lowest BCUT2D eigenvalue weighted by atomic mass is 10.2. The highest BCUT2D eigenvalue weighted by Gasteiger charge is 2.18. The Morgan fingerprint density at radius 2 is 2.04 bits per heavy atom. The average Bonchev–Trinajstić information content (AvgIpc) is 3.05. The Morgan fingerprint density at radius 1 is 1.29 bits per heavy atom. The van der Waals surface area contributed by atoms with E-state index in [9.17, 15) is 14.9 Å². The minimum Gasteiger partial charge on any atom is -0.458 e. The maximum absolute atomic E-state index is 12.2. The highest BCUT2D eigenvalue weighted by atomic mass is 35.5. The molecule has 3 aromatic rings. The van der Waals surface area contributed by atoms with Gasteiger partial charge in [0.25, 0.3) is 0 Å². The molecule has 0 N–H and O–H groups in total. The summed E-state index contributed by atoms with van der Waals surface area (Å²) in [5.41, 5.74) is 0.240. The third kappa shape index (κ3) is 4.44. The molecular weight excluding hydrogens is 388 g/mol. The molecule has 0 saturated carbocycles. The molecule has 144 valence electrons. The Morgan fingerprint density at radius 3 is 2.71 bits per heavy atom. The summed E-state index contributed by atoms with van der Waals surface area (Å²) >= 11 is 6.18. The number of pyridine rings is 1. The highest BCUT2D eigenvalue weighted by Crippen LogP contribution is 2.30. The van der Waals surface area contributed by atoms with Crippen molar-refractivity contribution < 1.29 is 19.2 Å². The molecule has 0 radical (unpaired) electrons. The Kier molecular flexibility index (Phi) is 5.85. The fourth-order valence-electron chi connectivity index (χ4n) is 2.44. The number of nitro groups is 1. The van der Waals surface area contributed by atoms with Crippen molar-refractivity contribution in [3.05, 3.63) is 75.4 Å². The zero-order valence-corrected chi connectivity index (χ0v) is 15.5. The molecule has 0 bridgehead atoms. The van der Waals surface area contributed by atoms with Crippen LogP contribution in [0.4, 0.5) is 5.82 Å². The molecule has 28 heavy (non-hydrogen) atoms. The normalized spacial score (nSPS) is 10.5. The monoisotopic (exact) mass is 402 g/mol. The number of halogens is 1. The number of ether oxygens (including phenoxy) is 2. The maximum Gasteiger partial charge on any atom is 0.342 e. The van der Waals surface area contributed by atoms with Crippen LogP contribution in [0.1, 0.15) is 16.2 Å². The van der Waals surface area contributed by atoms with E-state index < -0.39 is 10.9 Å². The van der Waals surface area contributed by atoms with Gasteiger partial charge in [-0.2, -0.15) is 0 Å². The second kappa shape index (κ2) is 8.49. The van der Waals surface area contributed by atoms with Crippen LogP contribution in [0, 0.1) is 17.0 Å². The van der Waals surface area contributed by atoms with Crippen LogP contribution in [0.15, 0.2) is 48.9 Å². The Balaban J connectivity index is 1.61. The lowest BCUT2D eigenvalue weighted by molar-refractivity contribution is -0.392. The summed E-state index contributed by atoms with van der Waals surface area (Å²) in [5, 5.41) is 11.2. The summed E-state index contributed by atoms with van der Waals surface area (Å²) in [6.45, 7) is 1.70. The van der Waals surface area contributed by atoms with E-state index in [4.69, 9.17) is 21.1 Å². The third-order valence-electron chi connectivity index (χ3n) is 3.81. The first-order valence-electron chi connectivity index (χ1n) is 8.17. The molecule has 0 spiro atoms. The Labute approximate surface area is 164 Å². The van der Waals surface area contributed by atoms with Crippen molar-refractivity contribution in [3.63, 3.8) is 0 Å². The first kappa shape index (κ1) is 19.3. The van der Waals surface area contributed by atoms with Crippen LogP contribution in [-0.4, -0.2) is 32.0 Å². The minimum absolute atomic E-state index is 0.0518. The van der Waals surface area contributed by atoms with Crippen molar-refractivity contribution in [2.75, 3.05) is 6.61 Å². The summed E-state index contributed by atoms with van der Waals surface area (Å²) in [5.74, 6) is 0.647. The van der Waals surface area contributed by atoms with Gasteiger partial charge in [0.05, 0.1) is 10.6 Å². The summed E-state index contributed by atoms with van der Waals surface area (Å²) in [4.78, 5) is 30.4. The van der Waals surface area contributed by atoms with E-state index in [1.165, 1.54) is 22.9 Å². The fourth-order valence-corrected chi connectivity index (χ4v) is 2.65. The highest BCUT2D eigenvalue weighted by molar-refractivity contribution is 6.32. The lowest BCUT2D eigenvalue weighted by Gasteiger charge is -2.09. The van der Waals surface area contributed by atoms with Crippen molar-refractivity contribution in [2.24, 2.45) is 0 Å². The van der Waals surface area contributed by atoms with E-state index in [0.717, 1.165) is 0 Å². The molecule has 1 aromatic carbocycles. The van der Waals surface area contributed by atoms with Crippen molar-refractivity contribution in [1.82, 2.24) is 14.5 Å². The van der Waals surface area contributed by atoms with E-state index in [1.54, 1.807) is 37.5 Å². The summed E-state index contributed by atoms with van der Waals surface area (Å²) in [7, 11) is 0. The Bertz CT molecular complexity index is 1010. The van der Waals surface area contributed by atoms with Crippen LogP contribution in [0.2, 0.25) is 5.02 Å². The maximum atomic E-state index is 12.2. The molecule has 3 rings (SSSR count). The average molecular weight is 403 g/mol. The third-order valence-corrected chi connectivity index (χ3v) is 4.11. The van der Waals surface area contributed by atoms with Gasteiger partial charge in [-0.05, 0) is 35.3 Å². The molecule has 0 atom stereocenters. The number of imidazole rings is 1. The molecule has 0 aliphatic carbocycles. The first-order valence-corrected chi connectivity index (χ1v) is 8.54. The quantitative estimate of drug-likeness (QED) is 0.336. The van der Waals surface area contributed by atoms with Gasteiger partial charge in [0.15, 0.2) is 5.82 Å². The van der Waals surface area contributed by atoms with Crippen molar-refractivity contribution in [3.8, 4) is 11.5 Å². The van der Waals surface area contributed by atoms with E-state index in [0.29, 0.717) is 17.3 Å². The van der Waals surface area contributed by atoms with Gasteiger partial charge in [-0.3, -0.25) is 4.98 Å². The van der Waals surface area contributed by atoms with Crippen LogP contribution < -0.4 is 4.74 Å². The molecule has 0 unspecified atom stereocenters. The molecule has 2 heterocycles. The number of aromatic nitrogens is 3. The molecule has 0 aliphatic heterocycles. The van der Waals surface area contributed by atoms with Gasteiger partial charge >= 0.3 is 11.8 Å². The molecule has 0 amide bonds. The number of esters is 1. The number of hydrogen-bond acceptors (Lipinski definition) is 7. The summed E-state index contributed by atoms with van der Waals surface area (Å²) in [6, 6.07) is 7.87. The number of hydrogen-bond donors (Lipinski definition) is 0. The molecular formula is C18H15ClN4O5. The van der Waals surface area contributed by atoms with Crippen molar-refractivity contribution >= 4 is 23.4 Å². The largest absolute Gasteiger partial charge is 0.458 e. The number of benzene rings is 1. The van der Waals surface area contributed by atoms with Gasteiger partial charge in [-0.15, -0.1) is 0 Å². The molecule has 2 aromatic heterocycles. The lowest BCUT2D eigenvalue weighted by Crippen LogP contribution is -2.13. The van der Waals surface area contributed by atoms with Gasteiger partial charge in [-0.25, -0.2) is 14.3 Å². The van der Waals surface area contributed by atoms with Gasteiger partial charge in [0.2, 0.25) is 0 Å². The van der Waals surface area contributed by atoms with Gasteiger partial charge in [0.1, 0.15) is 30.8 Å². The van der Waals surface area contributed by atoms with Crippen molar-refractivity contribution in [1.29, 1.82) is 0 Å². The van der Waals surface area contributed by atoms with E-state index in [1.807, 2.05) is 0 Å². The predicted octanol–water partition coefficient (Wildman–Crippen LogP) is 3.80. The Hall–Kier alpha value is -3.46. The van der Waals surface area contributed by atoms with Crippen molar-refractivity contribution in [2.45, 2.75) is 13.5 Å². The second-order valence-corrected chi connectivity index (χ2v) is 6.05. The van der Waals surface area contributed by atoms with E-state index in [-0.39, 0.29) is 29.6 Å². The van der Waals surface area contributed by atoms with E-state index in [2.05, 4.69) is 9.97 Å². The topological polar surface area (TPSA) is 109 Å². The zero-order valence-electron chi connectivity index (χ0n) is 14.7. The van der Waals surface area contributed by atoms with Crippen LogP contribution in [0.3, 0.4) is 0 Å². The molecule has 0 fully saturated rings. The number of aryl methyl sites for hydroxylation is 1. The number of rotatable bonds is 7.